The highest BCUT2D eigenvalue weighted by atomic mass is 32.2. The summed E-state index contributed by atoms with van der Waals surface area (Å²) in [6.45, 7) is 0. The van der Waals surface area contributed by atoms with E-state index in [0.29, 0.717) is 0 Å². The molecule has 7 nitrogen and oxygen atoms in total. The van der Waals surface area contributed by atoms with E-state index in [-0.39, 0.29) is 17.7 Å². The van der Waals surface area contributed by atoms with Crippen LogP contribution in [0.15, 0.2) is 24.5 Å². The third kappa shape index (κ3) is 5.47. The van der Waals surface area contributed by atoms with E-state index in [0.717, 1.165) is 6.26 Å². The molecule has 0 aromatic carbocycles. The molecule has 104 valence electrons. The van der Waals surface area contributed by atoms with Crippen LogP contribution in [-0.2, 0) is 14.6 Å². The number of carbonyl (C=O) groups excluding carboxylic acids is 1. The van der Waals surface area contributed by atoms with Gasteiger partial charge in [0.1, 0.15) is 15.9 Å². The number of nitrogens with one attached hydrogen (secondary N) is 1. The Morgan fingerprint density at radius 3 is 2.63 bits per heavy atom. The van der Waals surface area contributed by atoms with Gasteiger partial charge < -0.3 is 10.4 Å². The van der Waals surface area contributed by atoms with Gasteiger partial charge in [0.05, 0.1) is 11.3 Å². The van der Waals surface area contributed by atoms with Gasteiger partial charge in [-0.05, 0) is 18.6 Å². The molecule has 1 aromatic rings. The molecule has 0 bridgehead atoms. The molecule has 0 radical (unpaired) electrons. The number of carboxylic acid groups (broad SMARTS) is 1. The van der Waals surface area contributed by atoms with Gasteiger partial charge in [-0.1, -0.05) is 0 Å². The molecule has 1 rings (SSSR count). The fraction of sp³-hybridized carbons (Fsp3) is 0.364. The molecule has 0 aliphatic rings. The molecule has 1 aromatic heterocycles. The van der Waals surface area contributed by atoms with Gasteiger partial charge in [-0.2, -0.15) is 0 Å². The number of hydrogen-bond donors (Lipinski definition) is 2. The number of pyridine rings is 1. The maximum atomic E-state index is 11.7. The Labute approximate surface area is 110 Å². The zero-order valence-electron chi connectivity index (χ0n) is 10.2. The van der Waals surface area contributed by atoms with Crippen LogP contribution in [0, 0.1) is 0 Å². The number of sulfone groups is 1. The highest BCUT2D eigenvalue weighted by Gasteiger charge is 2.22. The van der Waals surface area contributed by atoms with Crippen LogP contribution in [0.5, 0.6) is 0 Å². The van der Waals surface area contributed by atoms with Crippen molar-refractivity contribution in [3.63, 3.8) is 0 Å². The average Bonchev–Trinajstić information content (AvgIpc) is 2.33. The van der Waals surface area contributed by atoms with E-state index in [1.165, 1.54) is 18.5 Å². The number of rotatable bonds is 6. The summed E-state index contributed by atoms with van der Waals surface area (Å²) in [4.78, 5) is 26.4. The van der Waals surface area contributed by atoms with Gasteiger partial charge in [0.25, 0.3) is 5.91 Å². The minimum absolute atomic E-state index is 0.180. The Bertz CT molecular complexity index is 556. The van der Waals surface area contributed by atoms with Gasteiger partial charge >= 0.3 is 5.97 Å². The molecule has 0 saturated heterocycles. The molecule has 19 heavy (non-hydrogen) atoms. The lowest BCUT2D eigenvalue weighted by molar-refractivity contribution is -0.139. The molecule has 2 N–H and O–H groups in total. The van der Waals surface area contributed by atoms with Crippen molar-refractivity contribution in [2.75, 3.05) is 12.0 Å². The predicted molar refractivity (Wildman–Crippen MR) is 67.5 cm³/mol. The van der Waals surface area contributed by atoms with Crippen LogP contribution in [0.1, 0.15) is 16.8 Å². The number of carbonyl (C=O) groups is 2. The molecule has 0 fully saturated rings. The van der Waals surface area contributed by atoms with Crippen molar-refractivity contribution in [2.45, 2.75) is 12.5 Å². The third-order valence-electron chi connectivity index (χ3n) is 2.30. The van der Waals surface area contributed by atoms with Crippen molar-refractivity contribution >= 4 is 21.7 Å². The SMILES string of the molecule is CS(=O)(=O)CCC(NC(=O)c1cccnc1)C(=O)O. The maximum Gasteiger partial charge on any atom is 0.326 e. The second-order valence-electron chi connectivity index (χ2n) is 4.02. The fourth-order valence-electron chi connectivity index (χ4n) is 1.33. The number of nitrogens with zero attached hydrogens (tertiary/aromatic N) is 1. The molecular formula is C11H14N2O5S. The fourth-order valence-corrected chi connectivity index (χ4v) is 1.99. The Hall–Kier alpha value is -1.96. The molecular weight excluding hydrogens is 272 g/mol. The normalized spacial score (nSPS) is 12.7. The van der Waals surface area contributed by atoms with Crippen molar-refractivity contribution < 1.29 is 23.1 Å². The van der Waals surface area contributed by atoms with Crippen LogP contribution in [0.4, 0.5) is 0 Å². The quantitative estimate of drug-likeness (QED) is 0.742. The van der Waals surface area contributed by atoms with Crippen molar-refractivity contribution in [1.29, 1.82) is 0 Å². The lowest BCUT2D eigenvalue weighted by Gasteiger charge is -2.13. The van der Waals surface area contributed by atoms with Crippen molar-refractivity contribution in [2.24, 2.45) is 0 Å². The first-order valence-electron chi connectivity index (χ1n) is 5.41. The molecule has 1 amide bonds. The maximum absolute atomic E-state index is 11.7. The summed E-state index contributed by atoms with van der Waals surface area (Å²) >= 11 is 0. The standard InChI is InChI=1S/C11H14N2O5S/c1-19(17,18)6-4-9(11(15)16)13-10(14)8-3-2-5-12-7-8/h2-3,5,7,9H,4,6H2,1H3,(H,13,14)(H,15,16). The third-order valence-corrected chi connectivity index (χ3v) is 3.28. The summed E-state index contributed by atoms with van der Waals surface area (Å²) in [7, 11) is -3.28. The number of hydrogen-bond acceptors (Lipinski definition) is 5. The van der Waals surface area contributed by atoms with Crippen molar-refractivity contribution in [3.05, 3.63) is 30.1 Å². The molecule has 1 heterocycles. The lowest BCUT2D eigenvalue weighted by atomic mass is 10.2. The average molecular weight is 286 g/mol. The van der Waals surface area contributed by atoms with E-state index in [1.54, 1.807) is 6.07 Å². The summed E-state index contributed by atoms with van der Waals surface area (Å²) in [5.41, 5.74) is 0.216. The Balaban J connectivity index is 2.69. The topological polar surface area (TPSA) is 113 Å². The van der Waals surface area contributed by atoms with Crippen LogP contribution < -0.4 is 5.32 Å². The monoisotopic (exact) mass is 286 g/mol. The van der Waals surface area contributed by atoms with Crippen LogP contribution in [0.3, 0.4) is 0 Å². The zero-order valence-corrected chi connectivity index (χ0v) is 11.1. The number of aliphatic carboxylic acids is 1. The van der Waals surface area contributed by atoms with Crippen LogP contribution >= 0.6 is 0 Å². The predicted octanol–water partition coefficient (Wildman–Crippen LogP) is -0.301. The Kier molecular flexibility index (Phi) is 4.99. The molecule has 8 heteroatoms. The van der Waals surface area contributed by atoms with Gasteiger partial charge in [-0.15, -0.1) is 0 Å². The van der Waals surface area contributed by atoms with Gasteiger partial charge in [-0.25, -0.2) is 13.2 Å². The Morgan fingerprint density at radius 2 is 2.16 bits per heavy atom. The highest BCUT2D eigenvalue weighted by molar-refractivity contribution is 7.90. The molecule has 1 atom stereocenters. The molecule has 1 unspecified atom stereocenters. The van der Waals surface area contributed by atoms with E-state index >= 15 is 0 Å². The van der Waals surface area contributed by atoms with E-state index in [4.69, 9.17) is 5.11 Å². The summed E-state index contributed by atoms with van der Waals surface area (Å²) < 4.78 is 22.0. The second kappa shape index (κ2) is 6.28. The Morgan fingerprint density at radius 1 is 1.47 bits per heavy atom. The van der Waals surface area contributed by atoms with Crippen LogP contribution in [0.25, 0.3) is 0 Å². The van der Waals surface area contributed by atoms with Crippen LogP contribution in [0.2, 0.25) is 0 Å². The van der Waals surface area contributed by atoms with Gasteiger partial charge in [0.2, 0.25) is 0 Å². The lowest BCUT2D eigenvalue weighted by Crippen LogP contribution is -2.41. The summed E-state index contributed by atoms with van der Waals surface area (Å²) in [5.74, 6) is -2.19. The van der Waals surface area contributed by atoms with E-state index in [2.05, 4.69) is 10.3 Å². The van der Waals surface area contributed by atoms with E-state index in [9.17, 15) is 18.0 Å². The molecule has 0 aliphatic carbocycles. The minimum Gasteiger partial charge on any atom is -0.480 e. The number of carboxylic acids is 1. The first-order chi connectivity index (χ1) is 8.79. The minimum atomic E-state index is -3.28. The smallest absolute Gasteiger partial charge is 0.326 e. The summed E-state index contributed by atoms with van der Waals surface area (Å²) in [6.07, 6.45) is 3.61. The van der Waals surface area contributed by atoms with Crippen molar-refractivity contribution in [1.82, 2.24) is 10.3 Å². The summed E-state index contributed by atoms with van der Waals surface area (Å²) in [5, 5.41) is 11.2. The van der Waals surface area contributed by atoms with Crippen molar-refractivity contribution in [3.8, 4) is 0 Å². The first kappa shape index (κ1) is 15.1. The molecule has 0 aliphatic heterocycles. The zero-order chi connectivity index (χ0) is 14.5. The second-order valence-corrected chi connectivity index (χ2v) is 6.28. The first-order valence-corrected chi connectivity index (χ1v) is 7.47. The van der Waals surface area contributed by atoms with E-state index < -0.39 is 27.8 Å². The van der Waals surface area contributed by atoms with Gasteiger partial charge in [-0.3, -0.25) is 9.78 Å². The number of amides is 1. The molecule has 0 saturated carbocycles. The van der Waals surface area contributed by atoms with Crippen LogP contribution in [-0.4, -0.2) is 48.4 Å². The number of aromatic nitrogens is 1. The largest absolute Gasteiger partial charge is 0.480 e. The summed E-state index contributed by atoms with van der Waals surface area (Å²) in [6, 6.07) is 1.78. The highest BCUT2D eigenvalue weighted by Crippen LogP contribution is 2.01. The molecule has 0 spiro atoms. The van der Waals surface area contributed by atoms with Gasteiger partial charge in [0, 0.05) is 18.6 Å². The van der Waals surface area contributed by atoms with Gasteiger partial charge in [0.15, 0.2) is 0 Å². The van der Waals surface area contributed by atoms with E-state index in [1.807, 2.05) is 0 Å².